The third kappa shape index (κ3) is 4.07. The third-order valence-electron chi connectivity index (χ3n) is 2.19. The average Bonchev–Trinajstić information content (AvgIpc) is 2.29. The van der Waals surface area contributed by atoms with E-state index in [1.165, 1.54) is 0 Å². The van der Waals surface area contributed by atoms with Gasteiger partial charge in [0.2, 0.25) is 0 Å². The molecule has 0 spiro atoms. The molecule has 1 atom stereocenters. The van der Waals surface area contributed by atoms with E-state index in [2.05, 4.69) is 0 Å². The Hall–Kier alpha value is -1.34. The Morgan fingerprint density at radius 1 is 1.42 bits per heavy atom. The second kappa shape index (κ2) is 6.21. The molecular formula is C11H9ClF4O3. The van der Waals surface area contributed by atoms with Crippen LogP contribution in [-0.4, -0.2) is 23.6 Å². The highest BCUT2D eigenvalue weighted by Crippen LogP contribution is 2.36. The minimum Gasteiger partial charge on any atom is -0.479 e. The molecule has 0 aliphatic heterocycles. The number of aliphatic carboxylic acids is 1. The first-order valence-electron chi connectivity index (χ1n) is 5.04. The molecule has 0 aromatic heterocycles. The van der Waals surface area contributed by atoms with Crippen molar-refractivity contribution in [1.29, 1.82) is 0 Å². The summed E-state index contributed by atoms with van der Waals surface area (Å²) in [4.78, 5) is 10.9. The molecule has 0 fully saturated rings. The largest absolute Gasteiger partial charge is 0.479 e. The van der Waals surface area contributed by atoms with Gasteiger partial charge in [0, 0.05) is 11.4 Å². The summed E-state index contributed by atoms with van der Waals surface area (Å²) in [6, 6.07) is 1.71. The predicted molar refractivity (Wildman–Crippen MR) is 58.5 cm³/mol. The summed E-state index contributed by atoms with van der Waals surface area (Å²) in [6.45, 7) is -0.243. The first kappa shape index (κ1) is 15.7. The maximum absolute atomic E-state index is 12.9. The Kier molecular flexibility index (Phi) is 5.13. The number of carboxylic acid groups (broad SMARTS) is 1. The van der Waals surface area contributed by atoms with Crippen molar-refractivity contribution < 1.29 is 32.2 Å². The lowest BCUT2D eigenvalue weighted by atomic mass is 10.0. The second-order valence-electron chi connectivity index (χ2n) is 3.51. The molecule has 1 rings (SSSR count). The number of benzene rings is 1. The van der Waals surface area contributed by atoms with Crippen molar-refractivity contribution in [2.75, 3.05) is 12.5 Å². The van der Waals surface area contributed by atoms with E-state index in [0.717, 1.165) is 12.1 Å². The molecule has 0 bridgehead atoms. The van der Waals surface area contributed by atoms with Gasteiger partial charge in [-0.25, -0.2) is 9.18 Å². The number of halogens is 5. The van der Waals surface area contributed by atoms with Crippen LogP contribution in [0.15, 0.2) is 18.2 Å². The standard InChI is InChI=1S/C11H9ClF4O3/c12-3-4-19-9(10(17)18)7-2-1-6(13)5-8(7)11(14,15)16/h1-2,5,9H,3-4H2,(H,17,18). The fraction of sp³-hybridized carbons (Fsp3) is 0.364. The number of ether oxygens (including phenoxy) is 1. The maximum Gasteiger partial charge on any atom is 0.416 e. The van der Waals surface area contributed by atoms with Crippen LogP contribution in [0.5, 0.6) is 0 Å². The Morgan fingerprint density at radius 2 is 2.05 bits per heavy atom. The molecule has 1 N–H and O–H groups in total. The van der Waals surface area contributed by atoms with Crippen LogP contribution in [0.25, 0.3) is 0 Å². The summed E-state index contributed by atoms with van der Waals surface area (Å²) in [7, 11) is 0. The minimum atomic E-state index is -4.88. The number of hydrogen-bond acceptors (Lipinski definition) is 2. The van der Waals surface area contributed by atoms with Gasteiger partial charge in [-0.15, -0.1) is 11.6 Å². The smallest absolute Gasteiger partial charge is 0.416 e. The lowest BCUT2D eigenvalue weighted by Gasteiger charge is -2.18. The highest BCUT2D eigenvalue weighted by Gasteiger charge is 2.37. The van der Waals surface area contributed by atoms with Crippen LogP contribution in [0.1, 0.15) is 17.2 Å². The topological polar surface area (TPSA) is 46.5 Å². The number of rotatable bonds is 5. The SMILES string of the molecule is O=C(O)C(OCCCl)c1ccc(F)cc1C(F)(F)F. The van der Waals surface area contributed by atoms with E-state index in [4.69, 9.17) is 21.4 Å². The monoisotopic (exact) mass is 300 g/mol. The normalized spacial score (nSPS) is 13.3. The molecule has 1 aromatic carbocycles. The van der Waals surface area contributed by atoms with Crippen molar-refractivity contribution in [2.45, 2.75) is 12.3 Å². The van der Waals surface area contributed by atoms with Gasteiger partial charge in [-0.05, 0) is 12.1 Å². The number of hydrogen-bond donors (Lipinski definition) is 1. The van der Waals surface area contributed by atoms with Gasteiger partial charge in [0.05, 0.1) is 12.2 Å². The summed E-state index contributed by atoms with van der Waals surface area (Å²) in [5.41, 5.74) is -2.04. The first-order chi connectivity index (χ1) is 8.77. The lowest BCUT2D eigenvalue weighted by molar-refractivity contribution is -0.152. The zero-order valence-electron chi connectivity index (χ0n) is 9.38. The van der Waals surface area contributed by atoms with Crippen molar-refractivity contribution in [2.24, 2.45) is 0 Å². The van der Waals surface area contributed by atoms with E-state index in [-0.39, 0.29) is 18.6 Å². The molecule has 1 aromatic rings. The van der Waals surface area contributed by atoms with Gasteiger partial charge in [0.15, 0.2) is 6.10 Å². The summed E-state index contributed by atoms with van der Waals surface area (Å²) >= 11 is 5.29. The Labute approximate surface area is 110 Å². The number of alkyl halides is 4. The average molecular weight is 301 g/mol. The van der Waals surface area contributed by atoms with Crippen LogP contribution in [0.2, 0.25) is 0 Å². The third-order valence-corrected chi connectivity index (χ3v) is 2.34. The molecule has 8 heteroatoms. The zero-order chi connectivity index (χ0) is 14.6. The molecular weight excluding hydrogens is 292 g/mol. The molecule has 106 valence electrons. The van der Waals surface area contributed by atoms with Crippen LogP contribution in [0.3, 0.4) is 0 Å². The molecule has 0 saturated heterocycles. The summed E-state index contributed by atoms with van der Waals surface area (Å²) in [5.74, 6) is -2.80. The maximum atomic E-state index is 12.9. The van der Waals surface area contributed by atoms with E-state index >= 15 is 0 Å². The van der Waals surface area contributed by atoms with Crippen molar-refractivity contribution in [3.8, 4) is 0 Å². The van der Waals surface area contributed by atoms with E-state index in [9.17, 15) is 22.4 Å². The quantitative estimate of drug-likeness (QED) is 0.671. The zero-order valence-corrected chi connectivity index (χ0v) is 10.1. The van der Waals surface area contributed by atoms with E-state index in [0.29, 0.717) is 0 Å². The van der Waals surface area contributed by atoms with Crippen molar-refractivity contribution >= 4 is 17.6 Å². The van der Waals surface area contributed by atoms with Gasteiger partial charge in [-0.3, -0.25) is 0 Å². The molecule has 0 saturated carbocycles. The molecule has 1 unspecified atom stereocenters. The molecule has 0 heterocycles. The van der Waals surface area contributed by atoms with E-state index < -0.39 is 35.2 Å². The second-order valence-corrected chi connectivity index (χ2v) is 3.89. The number of carboxylic acids is 1. The fourth-order valence-electron chi connectivity index (χ4n) is 1.46. The molecule has 3 nitrogen and oxygen atoms in total. The first-order valence-corrected chi connectivity index (χ1v) is 5.58. The van der Waals surface area contributed by atoms with Crippen LogP contribution in [-0.2, 0) is 15.7 Å². The lowest BCUT2D eigenvalue weighted by Crippen LogP contribution is -2.21. The fourth-order valence-corrected chi connectivity index (χ4v) is 1.55. The van der Waals surface area contributed by atoms with Crippen LogP contribution in [0.4, 0.5) is 17.6 Å². The van der Waals surface area contributed by atoms with Gasteiger partial charge < -0.3 is 9.84 Å². The van der Waals surface area contributed by atoms with Crippen molar-refractivity contribution in [3.63, 3.8) is 0 Å². The summed E-state index contributed by atoms with van der Waals surface area (Å²) in [6.07, 6.45) is -6.73. The molecule has 0 aliphatic carbocycles. The molecule has 19 heavy (non-hydrogen) atoms. The Balaban J connectivity index is 3.26. The predicted octanol–water partition coefficient (Wildman–Crippen LogP) is 3.23. The summed E-state index contributed by atoms with van der Waals surface area (Å²) in [5, 5.41) is 8.88. The van der Waals surface area contributed by atoms with E-state index in [1.54, 1.807) is 0 Å². The minimum absolute atomic E-state index is 0.0771. The Morgan fingerprint density at radius 3 is 2.53 bits per heavy atom. The highest BCUT2D eigenvalue weighted by atomic mass is 35.5. The van der Waals surface area contributed by atoms with Crippen molar-refractivity contribution in [1.82, 2.24) is 0 Å². The van der Waals surface area contributed by atoms with Crippen LogP contribution < -0.4 is 0 Å². The highest BCUT2D eigenvalue weighted by molar-refractivity contribution is 6.17. The Bertz CT molecular complexity index is 462. The van der Waals surface area contributed by atoms with Crippen molar-refractivity contribution in [3.05, 3.63) is 35.1 Å². The number of carbonyl (C=O) groups is 1. The molecule has 0 amide bonds. The summed E-state index contributed by atoms with van der Waals surface area (Å²) < 4.78 is 55.8. The van der Waals surface area contributed by atoms with Crippen LogP contribution in [0, 0.1) is 5.82 Å². The molecule has 0 radical (unpaired) electrons. The van der Waals surface area contributed by atoms with E-state index in [1.807, 2.05) is 0 Å². The van der Waals surface area contributed by atoms with Crippen LogP contribution >= 0.6 is 11.6 Å². The van der Waals surface area contributed by atoms with Gasteiger partial charge in [0.25, 0.3) is 0 Å². The van der Waals surface area contributed by atoms with Gasteiger partial charge in [-0.1, -0.05) is 6.07 Å². The van der Waals surface area contributed by atoms with Gasteiger partial charge in [0.1, 0.15) is 5.82 Å². The van der Waals surface area contributed by atoms with Gasteiger partial charge in [-0.2, -0.15) is 13.2 Å². The molecule has 0 aliphatic rings. The van der Waals surface area contributed by atoms with Gasteiger partial charge >= 0.3 is 12.1 Å².